The maximum atomic E-state index is 13.0. The molecule has 2 unspecified atom stereocenters. The number of benzene rings is 2. The molecule has 6 rings (SSSR count). The van der Waals surface area contributed by atoms with E-state index in [1.165, 1.54) is 17.2 Å². The van der Waals surface area contributed by atoms with Crippen LogP contribution in [0.3, 0.4) is 0 Å². The van der Waals surface area contributed by atoms with Gasteiger partial charge >= 0.3 is 24.4 Å². The molecule has 4 amide bonds. The first-order valence-corrected chi connectivity index (χ1v) is 24.9. The summed E-state index contributed by atoms with van der Waals surface area (Å²) in [5.41, 5.74) is 1.39. The highest BCUT2D eigenvalue weighted by molar-refractivity contribution is 6.30. The number of ether oxygens (including phenoxy) is 4. The summed E-state index contributed by atoms with van der Waals surface area (Å²) >= 11 is 12.0. The highest BCUT2D eigenvalue weighted by atomic mass is 35.5. The molecular weight excluding hydrogens is 924 g/mol. The molecule has 4 aliphatic rings. The van der Waals surface area contributed by atoms with Gasteiger partial charge in [0.2, 0.25) is 0 Å². The standard InChI is InChI=1S/C26H38ClN3O4.C17H25ClN2O2.C9H13NO3/c1-6-15-33-24(31)28-13-11-22(12-14-28)30-17-19(2)29(25(32)34-26(3,4)5)18-23(30)16-20-7-9-21(27)10-8-20;1-12-10-19-15(9-13-5-7-14(18)8-6-13)11-20(12)16(21)22-17(2,3)4;1-2-7-13-9(12)10-5-3-8(11)4-6-10/h6-10,19,22-23H,1,11-18H2,2-5H3;5-8,12,15,19H,9-11H2,1-4H3;2H,1,3-7H2/t19-,23?;12-,15?;/m00./s1. The van der Waals surface area contributed by atoms with E-state index in [9.17, 15) is 24.0 Å². The van der Waals surface area contributed by atoms with Gasteiger partial charge in [0.25, 0.3) is 0 Å². The first-order chi connectivity index (χ1) is 32.5. The smallest absolute Gasteiger partial charge is 0.410 e. The highest BCUT2D eigenvalue weighted by Crippen LogP contribution is 2.28. The fourth-order valence-corrected chi connectivity index (χ4v) is 8.72. The van der Waals surface area contributed by atoms with E-state index in [-0.39, 0.29) is 67.5 Å². The monoisotopic (exact) mass is 999 g/mol. The van der Waals surface area contributed by atoms with E-state index in [0.717, 1.165) is 43.8 Å². The van der Waals surface area contributed by atoms with E-state index in [0.29, 0.717) is 63.2 Å². The number of hydrogen-bond donors (Lipinski definition) is 1. The van der Waals surface area contributed by atoms with Crippen molar-refractivity contribution in [2.45, 2.75) is 135 Å². The summed E-state index contributed by atoms with van der Waals surface area (Å²) < 4.78 is 21.2. The summed E-state index contributed by atoms with van der Waals surface area (Å²) in [6, 6.07) is 16.6. The zero-order valence-electron chi connectivity index (χ0n) is 42.1. The Morgan fingerprint density at radius 2 is 1.10 bits per heavy atom. The Balaban J connectivity index is 0.000000252. The SMILES string of the molecule is C=CCOC(=O)N1CCC(=O)CC1.C=CCOC(=O)N1CCC(N2C[C@H](C)N(C(=O)OC(C)(C)C)CC2Cc2ccc(Cl)cc2)CC1.C[C@H]1CNC(Cc2ccc(Cl)cc2)CN1C(=O)OC(C)(C)C. The van der Waals surface area contributed by atoms with Crippen molar-refractivity contribution in [3.8, 4) is 0 Å². The number of amides is 4. The number of piperidine rings is 2. The molecule has 2 aromatic carbocycles. The number of carbonyl (C=O) groups is 5. The number of ketones is 1. The van der Waals surface area contributed by atoms with Gasteiger partial charge in [0.1, 0.15) is 30.2 Å². The van der Waals surface area contributed by atoms with Crippen molar-refractivity contribution in [2.24, 2.45) is 0 Å². The number of carbonyl (C=O) groups excluding carboxylic acids is 5. The summed E-state index contributed by atoms with van der Waals surface area (Å²) in [4.78, 5) is 69.1. The molecule has 1 N–H and O–H groups in total. The maximum absolute atomic E-state index is 13.0. The van der Waals surface area contributed by atoms with Crippen LogP contribution in [0.1, 0.15) is 92.2 Å². The molecule has 0 aromatic heterocycles. The van der Waals surface area contributed by atoms with Gasteiger partial charge in [0, 0.05) is 105 Å². The van der Waals surface area contributed by atoms with Gasteiger partial charge in [-0.2, -0.15) is 0 Å². The van der Waals surface area contributed by atoms with Crippen LogP contribution in [0.2, 0.25) is 10.0 Å². The molecule has 0 radical (unpaired) electrons. The maximum Gasteiger partial charge on any atom is 0.410 e. The number of piperazine rings is 2. The van der Waals surface area contributed by atoms with Gasteiger partial charge in [-0.15, -0.1) is 0 Å². The summed E-state index contributed by atoms with van der Waals surface area (Å²) in [7, 11) is 0. The van der Waals surface area contributed by atoms with Crippen LogP contribution in [-0.4, -0.2) is 162 Å². The van der Waals surface area contributed by atoms with Crippen molar-refractivity contribution < 1.29 is 42.9 Å². The summed E-state index contributed by atoms with van der Waals surface area (Å²) in [6.45, 7) is 28.0. The van der Waals surface area contributed by atoms with Crippen LogP contribution >= 0.6 is 23.2 Å². The fraction of sp³-hybridized carbons (Fsp3) is 0.596. The van der Waals surface area contributed by atoms with Crippen LogP contribution in [0.25, 0.3) is 0 Å². The molecule has 69 heavy (non-hydrogen) atoms. The van der Waals surface area contributed by atoms with E-state index in [2.05, 4.69) is 42.4 Å². The van der Waals surface area contributed by atoms with E-state index in [4.69, 9.17) is 42.1 Å². The zero-order chi connectivity index (χ0) is 50.9. The molecular formula is C52H76Cl2N6O9. The highest BCUT2D eigenvalue weighted by Gasteiger charge is 2.40. The lowest BCUT2D eigenvalue weighted by Gasteiger charge is -2.50. The number of nitrogens with zero attached hydrogens (tertiary/aromatic N) is 5. The topological polar surface area (TPSA) is 150 Å². The average molecular weight is 1000 g/mol. The molecule has 4 atom stereocenters. The van der Waals surface area contributed by atoms with Gasteiger partial charge < -0.3 is 43.9 Å². The molecule has 0 saturated carbocycles. The molecule has 0 bridgehead atoms. The Bertz CT molecular complexity index is 1990. The molecule has 0 aliphatic carbocycles. The lowest BCUT2D eigenvalue weighted by atomic mass is 9.94. The van der Waals surface area contributed by atoms with Crippen LogP contribution < -0.4 is 5.32 Å². The molecule has 382 valence electrons. The minimum absolute atomic E-state index is 0.0342. The lowest BCUT2D eigenvalue weighted by Crippen LogP contribution is -2.63. The largest absolute Gasteiger partial charge is 0.445 e. The number of nitrogens with one attached hydrogen (secondary N) is 1. The third-order valence-electron chi connectivity index (χ3n) is 12.0. The zero-order valence-corrected chi connectivity index (χ0v) is 43.6. The predicted molar refractivity (Wildman–Crippen MR) is 271 cm³/mol. The van der Waals surface area contributed by atoms with Gasteiger partial charge in [-0.05, 0) is 116 Å². The van der Waals surface area contributed by atoms with Crippen LogP contribution in [-0.2, 0) is 36.6 Å². The molecule has 4 fully saturated rings. The normalized spacial score (nSPS) is 21.4. The molecule has 15 nitrogen and oxygen atoms in total. The van der Waals surface area contributed by atoms with Crippen molar-refractivity contribution in [3.63, 3.8) is 0 Å². The Kier molecular flexibility index (Phi) is 22.2. The van der Waals surface area contributed by atoms with Crippen molar-refractivity contribution in [3.05, 3.63) is 95.0 Å². The Morgan fingerprint density at radius 3 is 1.57 bits per heavy atom. The molecule has 4 saturated heterocycles. The Morgan fingerprint density at radius 1 is 0.652 bits per heavy atom. The summed E-state index contributed by atoms with van der Waals surface area (Å²) in [6.07, 6.45) is 6.29. The van der Waals surface area contributed by atoms with Gasteiger partial charge in [0.15, 0.2) is 0 Å². The van der Waals surface area contributed by atoms with Crippen molar-refractivity contribution in [1.29, 1.82) is 0 Å². The Labute approximate surface area is 420 Å². The van der Waals surface area contributed by atoms with Crippen molar-refractivity contribution >= 4 is 53.4 Å². The van der Waals surface area contributed by atoms with E-state index < -0.39 is 11.2 Å². The van der Waals surface area contributed by atoms with E-state index in [1.807, 2.05) is 94.7 Å². The predicted octanol–water partition coefficient (Wildman–Crippen LogP) is 9.43. The Hall–Kier alpha value is -4.83. The fourth-order valence-electron chi connectivity index (χ4n) is 8.47. The second kappa shape index (κ2) is 27.0. The van der Waals surface area contributed by atoms with Crippen molar-refractivity contribution in [2.75, 3.05) is 65.6 Å². The van der Waals surface area contributed by atoms with Crippen LogP contribution in [0.15, 0.2) is 73.8 Å². The average Bonchev–Trinajstić information content (AvgIpc) is 3.29. The number of likely N-dealkylation sites (tertiary alicyclic amines) is 2. The van der Waals surface area contributed by atoms with Gasteiger partial charge in [-0.1, -0.05) is 72.8 Å². The number of halogens is 2. The van der Waals surface area contributed by atoms with Crippen LogP contribution in [0, 0.1) is 0 Å². The first-order valence-electron chi connectivity index (χ1n) is 24.1. The number of Topliss-reactive ketones (excluding diaryl/α,β-unsaturated/α-hetero) is 1. The van der Waals surface area contributed by atoms with Crippen molar-refractivity contribution in [1.82, 2.24) is 29.8 Å². The second-order valence-electron chi connectivity index (χ2n) is 20.1. The van der Waals surface area contributed by atoms with Crippen LogP contribution in [0.4, 0.5) is 19.2 Å². The van der Waals surface area contributed by atoms with Crippen LogP contribution in [0.5, 0.6) is 0 Å². The minimum atomic E-state index is -0.535. The first kappa shape index (κ1) is 56.8. The summed E-state index contributed by atoms with van der Waals surface area (Å²) in [5.74, 6) is 0.216. The minimum Gasteiger partial charge on any atom is -0.445 e. The quantitative estimate of drug-likeness (QED) is 0.189. The van der Waals surface area contributed by atoms with E-state index in [1.54, 1.807) is 15.9 Å². The van der Waals surface area contributed by atoms with Gasteiger partial charge in [-0.3, -0.25) is 9.69 Å². The van der Waals surface area contributed by atoms with Gasteiger partial charge in [-0.25, -0.2) is 19.2 Å². The molecule has 4 heterocycles. The molecule has 2 aromatic rings. The third kappa shape index (κ3) is 19.5. The third-order valence-corrected chi connectivity index (χ3v) is 12.5. The lowest BCUT2D eigenvalue weighted by molar-refractivity contribution is -0.121. The second-order valence-corrected chi connectivity index (χ2v) is 20.9. The van der Waals surface area contributed by atoms with E-state index >= 15 is 0 Å². The molecule has 4 aliphatic heterocycles. The number of hydrogen-bond acceptors (Lipinski definition) is 11. The van der Waals surface area contributed by atoms with Gasteiger partial charge in [0.05, 0.1) is 0 Å². The summed E-state index contributed by atoms with van der Waals surface area (Å²) in [5, 5.41) is 4.95. The number of rotatable bonds is 9. The molecule has 0 spiro atoms. The molecule has 17 heteroatoms.